The van der Waals surface area contributed by atoms with Gasteiger partial charge in [0.15, 0.2) is 5.76 Å². The molecule has 0 aliphatic heterocycles. The molecule has 0 radical (unpaired) electrons. The summed E-state index contributed by atoms with van der Waals surface area (Å²) in [5.41, 5.74) is 0.816. The van der Waals surface area contributed by atoms with Crippen LogP contribution in [0, 0.1) is 0 Å². The number of carbonyl (C=O) groups is 1. The molecule has 1 aromatic carbocycles. The summed E-state index contributed by atoms with van der Waals surface area (Å²) >= 11 is 0. The molecule has 1 heterocycles. The van der Waals surface area contributed by atoms with Crippen molar-refractivity contribution in [3.8, 4) is 11.5 Å². The van der Waals surface area contributed by atoms with E-state index < -0.39 is 0 Å². The van der Waals surface area contributed by atoms with Crippen LogP contribution in [0.2, 0.25) is 0 Å². The molecule has 0 aliphatic carbocycles. The molecule has 0 spiro atoms. The summed E-state index contributed by atoms with van der Waals surface area (Å²) in [6, 6.07) is 8.70. The highest BCUT2D eigenvalue weighted by Gasteiger charge is 2.04. The van der Waals surface area contributed by atoms with Crippen molar-refractivity contribution < 1.29 is 18.7 Å². The molecule has 0 amide bonds. The van der Waals surface area contributed by atoms with Crippen molar-refractivity contribution in [1.82, 2.24) is 0 Å². The predicted molar refractivity (Wildman–Crippen MR) is 71.6 cm³/mol. The average Bonchev–Trinajstić information content (AvgIpc) is 2.98. The van der Waals surface area contributed by atoms with Gasteiger partial charge in [-0.2, -0.15) is 0 Å². The van der Waals surface area contributed by atoms with Crippen molar-refractivity contribution in [3.63, 3.8) is 0 Å². The minimum atomic E-state index is -0.188. The van der Waals surface area contributed by atoms with Gasteiger partial charge in [0.2, 0.25) is 5.78 Å². The van der Waals surface area contributed by atoms with E-state index in [1.54, 1.807) is 38.5 Å². The number of rotatable bonds is 5. The third-order valence-corrected chi connectivity index (χ3v) is 2.56. The van der Waals surface area contributed by atoms with Gasteiger partial charge in [-0.3, -0.25) is 4.79 Å². The molecule has 4 nitrogen and oxygen atoms in total. The first-order valence-electron chi connectivity index (χ1n) is 5.72. The highest BCUT2D eigenvalue weighted by molar-refractivity contribution is 6.04. The van der Waals surface area contributed by atoms with Crippen molar-refractivity contribution in [2.24, 2.45) is 0 Å². The fourth-order valence-corrected chi connectivity index (χ4v) is 1.60. The zero-order valence-corrected chi connectivity index (χ0v) is 10.8. The smallest absolute Gasteiger partial charge is 0.221 e. The SMILES string of the molecule is COc1cc(/C=C/C(=O)c2ccco2)cc(OC)c1. The van der Waals surface area contributed by atoms with Gasteiger partial charge in [-0.1, -0.05) is 6.08 Å². The first-order valence-corrected chi connectivity index (χ1v) is 5.72. The lowest BCUT2D eigenvalue weighted by Gasteiger charge is -2.05. The molecular weight excluding hydrogens is 244 g/mol. The van der Waals surface area contributed by atoms with Crippen LogP contribution in [0.1, 0.15) is 16.1 Å². The number of hydrogen-bond donors (Lipinski definition) is 0. The highest BCUT2D eigenvalue weighted by Crippen LogP contribution is 2.23. The lowest BCUT2D eigenvalue weighted by molar-refractivity contribution is 0.102. The number of allylic oxidation sites excluding steroid dienone is 1. The van der Waals surface area contributed by atoms with Crippen molar-refractivity contribution in [3.05, 3.63) is 54.0 Å². The van der Waals surface area contributed by atoms with E-state index in [4.69, 9.17) is 13.9 Å². The van der Waals surface area contributed by atoms with E-state index in [1.165, 1.54) is 12.3 Å². The van der Waals surface area contributed by atoms with Crippen molar-refractivity contribution in [1.29, 1.82) is 0 Å². The maximum absolute atomic E-state index is 11.7. The molecule has 0 aliphatic rings. The fourth-order valence-electron chi connectivity index (χ4n) is 1.60. The van der Waals surface area contributed by atoms with Gasteiger partial charge >= 0.3 is 0 Å². The zero-order valence-electron chi connectivity index (χ0n) is 10.8. The van der Waals surface area contributed by atoms with Gasteiger partial charge in [-0.25, -0.2) is 0 Å². The molecule has 1 aromatic heterocycles. The summed E-state index contributed by atoms with van der Waals surface area (Å²) in [5, 5.41) is 0. The Labute approximate surface area is 111 Å². The molecule has 19 heavy (non-hydrogen) atoms. The number of hydrogen-bond acceptors (Lipinski definition) is 4. The van der Waals surface area contributed by atoms with Crippen LogP contribution in [0.25, 0.3) is 6.08 Å². The summed E-state index contributed by atoms with van der Waals surface area (Å²) in [4.78, 5) is 11.7. The van der Waals surface area contributed by atoms with E-state index in [1.807, 2.05) is 12.1 Å². The first kappa shape index (κ1) is 13.0. The summed E-state index contributed by atoms with van der Waals surface area (Å²) < 4.78 is 15.3. The molecular formula is C15H14O4. The Bertz CT molecular complexity index is 560. The van der Waals surface area contributed by atoms with E-state index >= 15 is 0 Å². The van der Waals surface area contributed by atoms with Crippen LogP contribution in [0.4, 0.5) is 0 Å². The van der Waals surface area contributed by atoms with Crippen molar-refractivity contribution in [2.75, 3.05) is 14.2 Å². The third-order valence-electron chi connectivity index (χ3n) is 2.56. The van der Waals surface area contributed by atoms with E-state index in [-0.39, 0.29) is 5.78 Å². The maximum atomic E-state index is 11.7. The maximum Gasteiger partial charge on any atom is 0.221 e. The molecule has 2 aromatic rings. The normalized spacial score (nSPS) is 10.6. The van der Waals surface area contributed by atoms with E-state index in [2.05, 4.69) is 0 Å². The van der Waals surface area contributed by atoms with Gasteiger partial charge in [0.05, 0.1) is 20.5 Å². The van der Waals surface area contributed by atoms with Crippen molar-refractivity contribution >= 4 is 11.9 Å². The van der Waals surface area contributed by atoms with Crippen LogP contribution in [-0.4, -0.2) is 20.0 Å². The summed E-state index contributed by atoms with van der Waals surface area (Å²) in [6.07, 6.45) is 4.61. The Kier molecular flexibility index (Phi) is 4.03. The average molecular weight is 258 g/mol. The van der Waals surface area contributed by atoms with Gasteiger partial charge in [-0.05, 0) is 35.9 Å². The second-order valence-corrected chi connectivity index (χ2v) is 3.82. The summed E-state index contributed by atoms with van der Waals surface area (Å²) in [7, 11) is 3.16. The summed E-state index contributed by atoms with van der Waals surface area (Å²) in [6.45, 7) is 0. The molecule has 0 saturated carbocycles. The second-order valence-electron chi connectivity index (χ2n) is 3.82. The molecule has 0 bridgehead atoms. The minimum absolute atomic E-state index is 0.188. The van der Waals surface area contributed by atoms with Crippen LogP contribution in [0.15, 0.2) is 47.1 Å². The van der Waals surface area contributed by atoms with Crippen LogP contribution in [-0.2, 0) is 0 Å². The number of furan rings is 1. The zero-order chi connectivity index (χ0) is 13.7. The molecule has 0 fully saturated rings. The second kappa shape index (κ2) is 5.91. The number of ketones is 1. The van der Waals surface area contributed by atoms with Gasteiger partial charge in [-0.15, -0.1) is 0 Å². The van der Waals surface area contributed by atoms with Gasteiger partial charge in [0.25, 0.3) is 0 Å². The highest BCUT2D eigenvalue weighted by atomic mass is 16.5. The minimum Gasteiger partial charge on any atom is -0.497 e. The molecule has 2 rings (SSSR count). The Morgan fingerprint density at radius 3 is 2.37 bits per heavy atom. The molecule has 0 N–H and O–H groups in total. The Hall–Kier alpha value is -2.49. The molecule has 98 valence electrons. The molecule has 4 heteroatoms. The topological polar surface area (TPSA) is 48.7 Å². The number of carbonyl (C=O) groups excluding carboxylic acids is 1. The Morgan fingerprint density at radius 1 is 1.16 bits per heavy atom. The van der Waals surface area contributed by atoms with Gasteiger partial charge in [0, 0.05) is 6.07 Å². The molecule has 0 saturated heterocycles. The van der Waals surface area contributed by atoms with Gasteiger partial charge in [0.1, 0.15) is 11.5 Å². The van der Waals surface area contributed by atoms with E-state index in [0.717, 1.165) is 5.56 Å². The Morgan fingerprint density at radius 2 is 1.84 bits per heavy atom. The van der Waals surface area contributed by atoms with E-state index in [0.29, 0.717) is 17.3 Å². The van der Waals surface area contributed by atoms with E-state index in [9.17, 15) is 4.79 Å². The number of ether oxygens (including phenoxy) is 2. The van der Waals surface area contributed by atoms with Crippen LogP contribution >= 0.6 is 0 Å². The number of benzene rings is 1. The van der Waals surface area contributed by atoms with Gasteiger partial charge < -0.3 is 13.9 Å². The lowest BCUT2D eigenvalue weighted by Crippen LogP contribution is -1.91. The quantitative estimate of drug-likeness (QED) is 0.610. The third kappa shape index (κ3) is 3.25. The van der Waals surface area contributed by atoms with Crippen molar-refractivity contribution in [2.45, 2.75) is 0 Å². The molecule has 0 unspecified atom stereocenters. The summed E-state index contributed by atoms with van der Waals surface area (Å²) in [5.74, 6) is 1.46. The first-order chi connectivity index (χ1) is 9.22. The standard InChI is InChI=1S/C15H14O4/c1-17-12-8-11(9-13(10-12)18-2)5-6-14(16)15-4-3-7-19-15/h3-10H,1-2H3/b6-5+. The number of methoxy groups -OCH3 is 2. The molecule has 0 atom stereocenters. The fraction of sp³-hybridized carbons (Fsp3) is 0.133. The largest absolute Gasteiger partial charge is 0.497 e. The van der Waals surface area contributed by atoms with Crippen LogP contribution < -0.4 is 9.47 Å². The lowest BCUT2D eigenvalue weighted by atomic mass is 10.1. The van der Waals surface area contributed by atoms with Crippen LogP contribution in [0.3, 0.4) is 0 Å². The predicted octanol–water partition coefficient (Wildman–Crippen LogP) is 3.19. The Balaban J connectivity index is 2.20. The van der Waals surface area contributed by atoms with Crippen LogP contribution in [0.5, 0.6) is 11.5 Å². The monoisotopic (exact) mass is 258 g/mol.